The molecule has 0 saturated carbocycles. The van der Waals surface area contributed by atoms with E-state index in [0.717, 1.165) is 52.5 Å². The van der Waals surface area contributed by atoms with E-state index in [1.807, 2.05) is 0 Å². The Hall–Kier alpha value is -0.280. The molecule has 0 heterocycles. The van der Waals surface area contributed by atoms with Gasteiger partial charge in [0.25, 0.3) is 0 Å². The Morgan fingerprint density at radius 1 is 0.528 bits per heavy atom. The smallest absolute Gasteiger partial charge is 0.0701 e. The molecule has 0 unspecified atom stereocenters. The summed E-state index contributed by atoms with van der Waals surface area (Å²) in [7, 11) is 0. The van der Waals surface area contributed by atoms with Crippen LogP contribution < -0.4 is 5.32 Å². The van der Waals surface area contributed by atoms with Gasteiger partial charge in [-0.2, -0.15) is 0 Å². The first kappa shape index (κ1) is 35.7. The van der Waals surface area contributed by atoms with E-state index >= 15 is 0 Å². The molecule has 7 nitrogen and oxygen atoms in total. The van der Waals surface area contributed by atoms with E-state index in [4.69, 9.17) is 23.7 Å². The molecule has 0 fully saturated rings. The highest BCUT2D eigenvalue weighted by Gasteiger charge is 2.28. The van der Waals surface area contributed by atoms with Crippen LogP contribution in [0.2, 0.25) is 0 Å². The van der Waals surface area contributed by atoms with Crippen LogP contribution in [0.4, 0.5) is 0 Å². The number of nitrogens with zero attached hydrogens (tertiary/aromatic N) is 1. The van der Waals surface area contributed by atoms with Crippen molar-refractivity contribution >= 4 is 0 Å². The van der Waals surface area contributed by atoms with Crippen LogP contribution in [0.3, 0.4) is 0 Å². The normalized spacial score (nSPS) is 13.7. The maximum atomic E-state index is 5.85. The molecule has 0 amide bonds. The molecule has 0 aliphatic heterocycles. The van der Waals surface area contributed by atoms with Crippen molar-refractivity contribution < 1.29 is 23.7 Å². The number of nitrogens with one attached hydrogen (secondary N) is 1. The van der Waals surface area contributed by atoms with E-state index in [1.165, 1.54) is 0 Å². The fraction of sp³-hybridized carbons (Fsp3) is 1.00. The molecule has 0 radical (unpaired) electrons. The molecule has 0 atom stereocenters. The molecule has 0 aliphatic carbocycles. The fourth-order valence-electron chi connectivity index (χ4n) is 3.38. The molecule has 7 heteroatoms. The molecule has 0 spiro atoms. The van der Waals surface area contributed by atoms with Crippen LogP contribution in [0.25, 0.3) is 0 Å². The monoisotopic (exact) mass is 518 g/mol. The van der Waals surface area contributed by atoms with Crippen molar-refractivity contribution in [2.45, 2.75) is 93.7 Å². The zero-order valence-electron chi connectivity index (χ0n) is 25.9. The number of ether oxygens (including phenoxy) is 5. The zero-order valence-corrected chi connectivity index (χ0v) is 25.9. The minimum absolute atomic E-state index is 0.0252. The molecule has 0 bridgehead atoms. The van der Waals surface area contributed by atoms with E-state index in [-0.39, 0.29) is 21.9 Å². The topological polar surface area (TPSA) is 61.4 Å². The minimum Gasteiger partial charge on any atom is -0.381 e. The van der Waals surface area contributed by atoms with Gasteiger partial charge in [0.05, 0.1) is 52.9 Å². The molecule has 0 aliphatic rings. The second-order valence-electron chi connectivity index (χ2n) is 13.8. The molecule has 0 aromatic carbocycles. The maximum absolute atomic E-state index is 5.85. The Morgan fingerprint density at radius 2 is 0.972 bits per heavy atom. The highest BCUT2D eigenvalue weighted by atomic mass is 16.5. The first-order valence-electron chi connectivity index (χ1n) is 13.9. The summed E-state index contributed by atoms with van der Waals surface area (Å²) in [4.78, 5) is 2.48. The van der Waals surface area contributed by atoms with Gasteiger partial charge >= 0.3 is 0 Å². The SMILES string of the molecule is CC(C)(C)COCCCOCCNC(C)(C)CN(CCOCCOCCOCC(C)(C)C)C(C)(C)C. The predicted molar refractivity (Wildman–Crippen MR) is 151 cm³/mol. The molecule has 218 valence electrons. The van der Waals surface area contributed by atoms with Crippen LogP contribution in [0, 0.1) is 10.8 Å². The lowest BCUT2D eigenvalue weighted by molar-refractivity contribution is -0.00832. The first-order valence-corrected chi connectivity index (χ1v) is 13.9. The van der Waals surface area contributed by atoms with Crippen molar-refractivity contribution in [3.8, 4) is 0 Å². The van der Waals surface area contributed by atoms with Gasteiger partial charge in [0.15, 0.2) is 0 Å². The zero-order chi connectivity index (χ0) is 27.7. The lowest BCUT2D eigenvalue weighted by Crippen LogP contribution is -2.55. The lowest BCUT2D eigenvalue weighted by Gasteiger charge is -2.41. The third-order valence-electron chi connectivity index (χ3n) is 5.28. The summed E-state index contributed by atoms with van der Waals surface area (Å²) >= 11 is 0. The van der Waals surface area contributed by atoms with E-state index in [1.54, 1.807) is 0 Å². The van der Waals surface area contributed by atoms with Crippen LogP contribution in [0.5, 0.6) is 0 Å². The van der Waals surface area contributed by atoms with E-state index in [0.29, 0.717) is 39.6 Å². The van der Waals surface area contributed by atoms with Crippen molar-refractivity contribution in [1.29, 1.82) is 0 Å². The van der Waals surface area contributed by atoms with Gasteiger partial charge in [0.1, 0.15) is 0 Å². The predicted octanol–water partition coefficient (Wildman–Crippen LogP) is 5.02. The largest absolute Gasteiger partial charge is 0.381 e. The summed E-state index contributed by atoms with van der Waals surface area (Å²) < 4.78 is 28.6. The number of rotatable bonds is 21. The summed E-state index contributed by atoms with van der Waals surface area (Å²) in [6.07, 6.45) is 0.938. The molecule has 1 N–H and O–H groups in total. The quantitative estimate of drug-likeness (QED) is 0.214. The molecule has 0 aromatic rings. The maximum Gasteiger partial charge on any atom is 0.0701 e. The van der Waals surface area contributed by atoms with Gasteiger partial charge in [-0.3, -0.25) is 4.90 Å². The third-order valence-corrected chi connectivity index (χ3v) is 5.28. The van der Waals surface area contributed by atoms with Crippen LogP contribution in [-0.2, 0) is 23.7 Å². The fourth-order valence-corrected chi connectivity index (χ4v) is 3.38. The van der Waals surface area contributed by atoms with Crippen LogP contribution in [-0.4, -0.2) is 102 Å². The van der Waals surface area contributed by atoms with Crippen LogP contribution >= 0.6 is 0 Å². The van der Waals surface area contributed by atoms with Gasteiger partial charge in [-0.1, -0.05) is 41.5 Å². The Balaban J connectivity index is 3.99. The Morgan fingerprint density at radius 3 is 1.50 bits per heavy atom. The first-order chi connectivity index (χ1) is 16.5. The van der Waals surface area contributed by atoms with Crippen molar-refractivity contribution in [2.24, 2.45) is 10.8 Å². The highest BCUT2D eigenvalue weighted by molar-refractivity contribution is 4.87. The van der Waals surface area contributed by atoms with E-state index in [9.17, 15) is 0 Å². The van der Waals surface area contributed by atoms with Crippen molar-refractivity contribution in [3.05, 3.63) is 0 Å². The second-order valence-corrected chi connectivity index (χ2v) is 13.8. The van der Waals surface area contributed by atoms with E-state index in [2.05, 4.69) is 86.4 Å². The average molecular weight is 519 g/mol. The number of hydrogen-bond donors (Lipinski definition) is 1. The standard InChI is InChI=1S/C29H62N2O5/c1-26(2,3)24-35-16-12-15-32-17-13-30-29(10,11)23-31(28(7,8)9)14-18-33-19-20-34-21-22-36-25-27(4,5)6/h30H,12-25H2,1-11H3. The van der Waals surface area contributed by atoms with E-state index < -0.39 is 0 Å². The van der Waals surface area contributed by atoms with Crippen LogP contribution in [0.1, 0.15) is 82.6 Å². The Kier molecular flexibility index (Phi) is 17.9. The van der Waals surface area contributed by atoms with Gasteiger partial charge in [0, 0.05) is 43.9 Å². The average Bonchev–Trinajstić information content (AvgIpc) is 2.70. The summed E-state index contributed by atoms with van der Waals surface area (Å²) in [5.41, 5.74) is 0.454. The highest BCUT2D eigenvalue weighted by Crippen LogP contribution is 2.17. The summed E-state index contributed by atoms with van der Waals surface area (Å²) in [5, 5.41) is 3.66. The van der Waals surface area contributed by atoms with Gasteiger partial charge in [-0.25, -0.2) is 0 Å². The molecule has 0 saturated heterocycles. The van der Waals surface area contributed by atoms with Gasteiger partial charge in [0.2, 0.25) is 0 Å². The summed E-state index contributed by atoms with van der Waals surface area (Å²) in [5.74, 6) is 0. The van der Waals surface area contributed by atoms with Crippen molar-refractivity contribution in [2.75, 3.05) is 85.7 Å². The third kappa shape index (κ3) is 24.1. The Bertz CT molecular complexity index is 521. The second kappa shape index (κ2) is 18.1. The van der Waals surface area contributed by atoms with Gasteiger partial charge in [-0.15, -0.1) is 0 Å². The molecule has 0 aromatic heterocycles. The van der Waals surface area contributed by atoms with Crippen molar-refractivity contribution in [3.63, 3.8) is 0 Å². The molecule has 0 rings (SSSR count). The molecule has 36 heavy (non-hydrogen) atoms. The number of hydrogen-bond acceptors (Lipinski definition) is 7. The summed E-state index contributed by atoms with van der Waals surface area (Å²) in [6, 6.07) is 0. The lowest BCUT2D eigenvalue weighted by atomic mass is 9.99. The van der Waals surface area contributed by atoms with Gasteiger partial charge < -0.3 is 29.0 Å². The molecular formula is C29H62N2O5. The van der Waals surface area contributed by atoms with Crippen molar-refractivity contribution in [1.82, 2.24) is 10.2 Å². The molecular weight excluding hydrogens is 456 g/mol. The van der Waals surface area contributed by atoms with Crippen LogP contribution in [0.15, 0.2) is 0 Å². The minimum atomic E-state index is -0.0252. The van der Waals surface area contributed by atoms with Gasteiger partial charge in [-0.05, 0) is 51.9 Å². The summed E-state index contributed by atoms with van der Waals surface area (Å²) in [6.45, 7) is 33.9. The Labute approximate surface area is 224 Å².